The van der Waals surface area contributed by atoms with Crippen molar-refractivity contribution in [1.29, 1.82) is 0 Å². The summed E-state index contributed by atoms with van der Waals surface area (Å²) in [5.74, 6) is -6.56. The van der Waals surface area contributed by atoms with Crippen LogP contribution < -0.4 is 0 Å². The zero-order valence-corrected chi connectivity index (χ0v) is 11.5. The number of quaternary nitrogens is 1. The molecule has 10 heteroatoms. The van der Waals surface area contributed by atoms with E-state index in [2.05, 4.69) is 20.9 Å². The van der Waals surface area contributed by atoms with Crippen LogP contribution in [0, 0.1) is 0 Å². The number of halogens is 8. The fourth-order valence-corrected chi connectivity index (χ4v) is 1.76. The second kappa shape index (κ2) is 6.07. The van der Waals surface area contributed by atoms with Crippen molar-refractivity contribution in [3.8, 4) is 0 Å². The van der Waals surface area contributed by atoms with Crippen LogP contribution >= 0.6 is 0 Å². The van der Waals surface area contributed by atoms with Crippen LogP contribution in [0.3, 0.4) is 0 Å². The van der Waals surface area contributed by atoms with Crippen molar-refractivity contribution in [3.05, 3.63) is 0 Å². The van der Waals surface area contributed by atoms with E-state index in [1.165, 1.54) is 30.4 Å². The molecule has 0 saturated carbocycles. The minimum absolute atomic E-state index is 0.826. The average molecular weight is 315 g/mol. The van der Waals surface area contributed by atoms with Gasteiger partial charge >= 0.3 is 19.0 Å². The molecule has 1 heterocycles. The van der Waals surface area contributed by atoms with Crippen molar-refractivity contribution in [2.24, 2.45) is 0 Å². The van der Waals surface area contributed by atoms with E-state index >= 15 is 0 Å². The number of hydrogen-bond acceptors (Lipinski definition) is 0. The number of likely N-dealkylation sites (tertiary alicyclic amines) is 1. The molecule has 0 aromatic rings. The number of nitrogens with zero attached hydrogens (tertiary/aromatic N) is 1. The summed E-state index contributed by atoms with van der Waals surface area (Å²) in [6, 6.07) is 0.826. The summed E-state index contributed by atoms with van der Waals surface area (Å²) in [6.45, 7) is 0.242. The monoisotopic (exact) mass is 315 g/mol. The highest BCUT2D eigenvalue weighted by Gasteiger charge is 2.69. The summed E-state index contributed by atoms with van der Waals surface area (Å²) in [4.78, 5) is 0. The van der Waals surface area contributed by atoms with Crippen LogP contribution in [0.25, 0.3) is 0 Å². The first-order valence-electron chi connectivity index (χ1n) is 6.13. The van der Waals surface area contributed by atoms with Gasteiger partial charge < -0.3 is 17.4 Å². The summed E-state index contributed by atoms with van der Waals surface area (Å²) in [5, 5.41) is 0. The Morgan fingerprint density at radius 3 is 1.35 bits per heavy atom. The van der Waals surface area contributed by atoms with Crippen LogP contribution in [0.2, 0.25) is 0 Å². The maximum Gasteiger partial charge on any atom is 0.558 e. The van der Waals surface area contributed by atoms with Gasteiger partial charge in [0.15, 0.2) is 0 Å². The van der Waals surface area contributed by atoms with Gasteiger partial charge in [-0.05, 0) is 13.8 Å². The van der Waals surface area contributed by atoms with Crippen molar-refractivity contribution in [2.45, 2.75) is 44.7 Å². The predicted octanol–water partition coefficient (Wildman–Crippen LogP) is 4.21. The molecular weight excluding hydrogens is 297 g/mol. The van der Waals surface area contributed by atoms with E-state index in [-0.39, 0.29) is 0 Å². The van der Waals surface area contributed by atoms with Crippen LogP contribution in [0.5, 0.6) is 0 Å². The maximum absolute atomic E-state index is 11.2. The summed E-state index contributed by atoms with van der Waals surface area (Å²) < 4.78 is 89.1. The zero-order chi connectivity index (χ0) is 16.4. The highest BCUT2D eigenvalue weighted by atomic mass is 19.4. The summed E-state index contributed by atoms with van der Waals surface area (Å²) in [6.07, 6.45) is -3.67. The minimum Gasteiger partial charge on any atom is -0.445 e. The third-order valence-corrected chi connectivity index (χ3v) is 3.62. The van der Waals surface area contributed by atoms with Crippen molar-refractivity contribution in [2.75, 3.05) is 20.1 Å². The van der Waals surface area contributed by atoms with E-state index in [1.54, 1.807) is 0 Å². The lowest BCUT2D eigenvalue weighted by Gasteiger charge is -2.33. The lowest BCUT2D eigenvalue weighted by molar-refractivity contribution is -0.918. The van der Waals surface area contributed by atoms with Gasteiger partial charge in [-0.25, -0.2) is 8.78 Å². The SMILES string of the molecule is CC(C)[N+]1(C)CCCC1.F[B-](F)(F)C(F)(F)C(F)(F)F. The van der Waals surface area contributed by atoms with E-state index in [9.17, 15) is 34.9 Å². The first-order valence-corrected chi connectivity index (χ1v) is 6.13. The Morgan fingerprint density at radius 1 is 0.900 bits per heavy atom. The molecule has 0 radical (unpaired) electrons. The van der Waals surface area contributed by atoms with Crippen LogP contribution in [0.1, 0.15) is 26.7 Å². The van der Waals surface area contributed by atoms with Gasteiger partial charge in [0.1, 0.15) is 0 Å². The second-order valence-corrected chi connectivity index (χ2v) is 5.42. The number of hydrogen-bond donors (Lipinski definition) is 0. The molecule has 1 saturated heterocycles. The van der Waals surface area contributed by atoms with Gasteiger partial charge in [0.05, 0.1) is 26.2 Å². The van der Waals surface area contributed by atoms with Gasteiger partial charge in [0, 0.05) is 12.8 Å². The average Bonchev–Trinajstić information content (AvgIpc) is 2.64. The predicted molar refractivity (Wildman–Crippen MR) is 60.4 cm³/mol. The molecule has 1 rings (SSSR count). The third-order valence-electron chi connectivity index (χ3n) is 3.62. The normalized spacial score (nSPS) is 19.8. The van der Waals surface area contributed by atoms with E-state index in [4.69, 9.17) is 0 Å². The van der Waals surface area contributed by atoms with Gasteiger partial charge in [0.25, 0.3) is 0 Å². The molecule has 0 N–H and O–H groups in total. The lowest BCUT2D eigenvalue weighted by atomic mass is 9.80. The molecule has 0 aliphatic carbocycles. The molecule has 20 heavy (non-hydrogen) atoms. The highest BCUT2D eigenvalue weighted by molar-refractivity contribution is 6.61. The fraction of sp³-hybridized carbons (Fsp3) is 1.00. The van der Waals surface area contributed by atoms with Gasteiger partial charge in [-0.15, -0.1) is 0 Å². The van der Waals surface area contributed by atoms with Crippen molar-refractivity contribution in [1.82, 2.24) is 0 Å². The maximum atomic E-state index is 11.2. The Hall–Kier alpha value is -0.535. The van der Waals surface area contributed by atoms with E-state index < -0.39 is 19.0 Å². The first-order chi connectivity index (χ1) is 8.65. The summed E-state index contributed by atoms with van der Waals surface area (Å²) >= 11 is 0. The molecular formula is C10H18BF8N. The van der Waals surface area contributed by atoms with Gasteiger partial charge in [0.2, 0.25) is 0 Å². The Bertz CT molecular complexity index is 287. The van der Waals surface area contributed by atoms with Crippen LogP contribution in [-0.2, 0) is 0 Å². The molecule has 0 bridgehead atoms. The Labute approximate surface area is 112 Å². The molecule has 1 aliphatic heterocycles. The molecule has 1 aliphatic rings. The molecule has 0 aromatic heterocycles. The van der Waals surface area contributed by atoms with E-state index in [0.717, 1.165) is 6.04 Å². The minimum atomic E-state index is -7.21. The van der Waals surface area contributed by atoms with Crippen LogP contribution in [-0.4, -0.2) is 49.6 Å². The van der Waals surface area contributed by atoms with Gasteiger partial charge in [-0.1, -0.05) is 0 Å². The van der Waals surface area contributed by atoms with Crippen LogP contribution in [0.15, 0.2) is 0 Å². The van der Waals surface area contributed by atoms with Crippen molar-refractivity contribution >= 4 is 6.98 Å². The summed E-state index contributed by atoms with van der Waals surface area (Å²) in [7, 11) is 2.37. The molecule has 1 nitrogen and oxygen atoms in total. The Kier molecular flexibility index (Phi) is 5.91. The first kappa shape index (κ1) is 19.5. The van der Waals surface area contributed by atoms with Crippen molar-refractivity contribution in [3.63, 3.8) is 0 Å². The fourth-order valence-electron chi connectivity index (χ4n) is 1.76. The van der Waals surface area contributed by atoms with E-state index in [0.29, 0.717) is 0 Å². The molecule has 0 amide bonds. The largest absolute Gasteiger partial charge is 0.558 e. The topological polar surface area (TPSA) is 0 Å². The standard InChI is InChI=1S/C8H18N.C2BF8/c1-8(2)9(3)6-4-5-7-9;4-1(5,2(6,7)8)3(9,10)11/h8H,4-7H2,1-3H3;/q+1;-1. The lowest BCUT2D eigenvalue weighted by Crippen LogP contribution is -2.53. The Balaban J connectivity index is 0.000000367. The second-order valence-electron chi connectivity index (χ2n) is 5.42. The van der Waals surface area contributed by atoms with Crippen LogP contribution in [0.4, 0.5) is 34.9 Å². The third kappa shape index (κ3) is 4.49. The molecule has 122 valence electrons. The highest BCUT2D eigenvalue weighted by Crippen LogP contribution is 2.43. The molecule has 1 fully saturated rings. The summed E-state index contributed by atoms with van der Waals surface area (Å²) in [5.41, 5.74) is 0. The number of alkyl halides is 5. The molecule has 0 aromatic carbocycles. The van der Waals surface area contributed by atoms with Crippen molar-refractivity contribution < 1.29 is 39.4 Å². The quantitative estimate of drug-likeness (QED) is 0.407. The Morgan fingerprint density at radius 2 is 1.25 bits per heavy atom. The van der Waals surface area contributed by atoms with Gasteiger partial charge in [-0.2, -0.15) is 13.2 Å². The number of rotatable bonds is 2. The van der Waals surface area contributed by atoms with E-state index in [1.807, 2.05) is 0 Å². The molecule has 0 unspecified atom stereocenters. The smallest absolute Gasteiger partial charge is 0.445 e. The molecule has 0 spiro atoms. The zero-order valence-electron chi connectivity index (χ0n) is 11.5. The molecule has 0 atom stereocenters. The van der Waals surface area contributed by atoms with Gasteiger partial charge in [-0.3, -0.25) is 0 Å².